The minimum absolute atomic E-state index is 0.0618. The summed E-state index contributed by atoms with van der Waals surface area (Å²) >= 11 is 0. The van der Waals surface area contributed by atoms with E-state index in [-0.39, 0.29) is 31.1 Å². The van der Waals surface area contributed by atoms with Crippen LogP contribution in [0.25, 0.3) is 0 Å². The highest BCUT2D eigenvalue weighted by Gasteiger charge is 2.19. The summed E-state index contributed by atoms with van der Waals surface area (Å²) in [5.41, 5.74) is 0. The SMILES string of the molecule is CCCCCCCCCCCCCCCCCC(=O)OC[C@@H](COC(=O)CCCCCCCCCCCC)OC(=O)CCCCCCCCCCCCCCCCC. The Bertz CT molecular complexity index is 859. The maximum Gasteiger partial charge on any atom is 0.306 e. The lowest BCUT2D eigenvalue weighted by molar-refractivity contribution is -0.167. The van der Waals surface area contributed by atoms with Crippen molar-refractivity contribution >= 4 is 17.9 Å². The van der Waals surface area contributed by atoms with E-state index >= 15 is 0 Å². The number of rotatable bonds is 48. The Labute approximate surface area is 361 Å². The van der Waals surface area contributed by atoms with Gasteiger partial charge in [0.2, 0.25) is 0 Å². The van der Waals surface area contributed by atoms with Gasteiger partial charge in [-0.25, -0.2) is 0 Å². The number of hydrogen-bond acceptors (Lipinski definition) is 6. The molecule has 0 saturated carbocycles. The van der Waals surface area contributed by atoms with Gasteiger partial charge in [0, 0.05) is 19.3 Å². The van der Waals surface area contributed by atoms with E-state index < -0.39 is 6.10 Å². The van der Waals surface area contributed by atoms with E-state index in [0.29, 0.717) is 19.3 Å². The van der Waals surface area contributed by atoms with E-state index in [9.17, 15) is 14.4 Å². The monoisotopic (exact) mass is 821 g/mol. The van der Waals surface area contributed by atoms with Crippen molar-refractivity contribution in [3.05, 3.63) is 0 Å². The summed E-state index contributed by atoms with van der Waals surface area (Å²) < 4.78 is 16.8. The number of hydrogen-bond donors (Lipinski definition) is 0. The zero-order valence-electron chi connectivity index (χ0n) is 39.3. The Morgan fingerprint density at radius 2 is 0.466 bits per heavy atom. The standard InChI is InChI=1S/C52H100O6/c1-4-7-10-13-16-19-22-24-26-28-30-33-36-39-42-45-51(54)57-48-49(47-56-50(53)44-41-38-35-32-21-18-15-12-9-6-3)58-52(55)46-43-40-37-34-31-29-27-25-23-20-17-14-11-8-5-2/h49H,4-48H2,1-3H3/t49-/m1/s1. The van der Waals surface area contributed by atoms with Gasteiger partial charge in [-0.3, -0.25) is 14.4 Å². The van der Waals surface area contributed by atoms with Crippen molar-refractivity contribution in [3.63, 3.8) is 0 Å². The van der Waals surface area contributed by atoms with Gasteiger partial charge in [-0.1, -0.05) is 258 Å². The minimum Gasteiger partial charge on any atom is -0.462 e. The molecule has 0 aliphatic rings. The van der Waals surface area contributed by atoms with Gasteiger partial charge >= 0.3 is 17.9 Å². The summed E-state index contributed by atoms with van der Waals surface area (Å²) in [6.45, 7) is 6.67. The van der Waals surface area contributed by atoms with Gasteiger partial charge in [-0.15, -0.1) is 0 Å². The summed E-state index contributed by atoms with van der Waals surface area (Å²) in [4.78, 5) is 37.9. The molecule has 0 aromatic carbocycles. The molecule has 0 N–H and O–H groups in total. The molecule has 0 rings (SSSR count). The van der Waals surface area contributed by atoms with Crippen molar-refractivity contribution in [2.45, 2.75) is 303 Å². The van der Waals surface area contributed by atoms with Crippen LogP contribution in [0.2, 0.25) is 0 Å². The van der Waals surface area contributed by atoms with Crippen molar-refractivity contribution in [1.82, 2.24) is 0 Å². The molecule has 0 bridgehead atoms. The lowest BCUT2D eigenvalue weighted by atomic mass is 10.0. The number of carbonyl (C=O) groups is 3. The topological polar surface area (TPSA) is 78.9 Å². The number of esters is 3. The maximum absolute atomic E-state index is 12.8. The van der Waals surface area contributed by atoms with Gasteiger partial charge in [0.1, 0.15) is 13.2 Å². The quantitative estimate of drug-likeness (QED) is 0.0346. The maximum atomic E-state index is 12.8. The molecule has 0 fully saturated rings. The molecule has 0 aliphatic carbocycles. The smallest absolute Gasteiger partial charge is 0.306 e. The Morgan fingerprint density at radius 3 is 0.690 bits per heavy atom. The zero-order valence-corrected chi connectivity index (χ0v) is 39.3. The second kappa shape index (κ2) is 48.1. The van der Waals surface area contributed by atoms with E-state index in [2.05, 4.69) is 20.8 Å². The molecule has 344 valence electrons. The average Bonchev–Trinajstić information content (AvgIpc) is 3.22. The molecular formula is C52H100O6. The van der Waals surface area contributed by atoms with Crippen LogP contribution in [-0.4, -0.2) is 37.2 Å². The van der Waals surface area contributed by atoms with Crippen LogP contribution in [0.15, 0.2) is 0 Å². The molecule has 6 heteroatoms. The molecule has 0 spiro atoms. The van der Waals surface area contributed by atoms with Crippen molar-refractivity contribution in [1.29, 1.82) is 0 Å². The first kappa shape index (κ1) is 56.4. The molecule has 0 aliphatic heterocycles. The lowest BCUT2D eigenvalue weighted by Gasteiger charge is -2.18. The average molecular weight is 821 g/mol. The molecule has 0 saturated heterocycles. The van der Waals surface area contributed by atoms with Gasteiger partial charge in [0.15, 0.2) is 6.10 Å². The van der Waals surface area contributed by atoms with Crippen molar-refractivity contribution < 1.29 is 28.6 Å². The number of ether oxygens (including phenoxy) is 3. The third kappa shape index (κ3) is 45.5. The normalized spacial score (nSPS) is 11.8. The molecular weight excluding hydrogens is 721 g/mol. The fraction of sp³-hybridized carbons (Fsp3) is 0.942. The minimum atomic E-state index is -0.759. The van der Waals surface area contributed by atoms with E-state index in [1.165, 1.54) is 199 Å². The third-order valence-corrected chi connectivity index (χ3v) is 11.9. The fourth-order valence-electron chi connectivity index (χ4n) is 7.92. The summed E-state index contributed by atoms with van der Waals surface area (Å²) in [5.74, 6) is -0.842. The van der Waals surface area contributed by atoms with E-state index in [1.54, 1.807) is 0 Å². The molecule has 0 unspecified atom stereocenters. The molecule has 0 aromatic rings. The van der Waals surface area contributed by atoms with Gasteiger partial charge in [0.25, 0.3) is 0 Å². The van der Waals surface area contributed by atoms with Gasteiger partial charge in [-0.2, -0.15) is 0 Å². The van der Waals surface area contributed by atoms with Crippen LogP contribution in [0.5, 0.6) is 0 Å². The van der Waals surface area contributed by atoms with E-state index in [1.807, 2.05) is 0 Å². The Morgan fingerprint density at radius 1 is 0.276 bits per heavy atom. The molecule has 0 radical (unpaired) electrons. The highest BCUT2D eigenvalue weighted by atomic mass is 16.6. The van der Waals surface area contributed by atoms with E-state index in [0.717, 1.165) is 57.8 Å². The zero-order chi connectivity index (χ0) is 42.3. The summed E-state index contributed by atoms with van der Waals surface area (Å²) in [5, 5.41) is 0. The van der Waals surface area contributed by atoms with Crippen LogP contribution >= 0.6 is 0 Å². The van der Waals surface area contributed by atoms with E-state index in [4.69, 9.17) is 14.2 Å². The van der Waals surface area contributed by atoms with Crippen LogP contribution in [0.1, 0.15) is 297 Å². The molecule has 0 aromatic heterocycles. The predicted molar refractivity (Wildman–Crippen MR) is 247 cm³/mol. The molecule has 6 nitrogen and oxygen atoms in total. The van der Waals surface area contributed by atoms with Crippen LogP contribution < -0.4 is 0 Å². The van der Waals surface area contributed by atoms with Gasteiger partial charge in [-0.05, 0) is 19.3 Å². The van der Waals surface area contributed by atoms with Crippen LogP contribution in [0.3, 0.4) is 0 Å². The Kier molecular flexibility index (Phi) is 46.8. The predicted octanol–water partition coefficient (Wildman–Crippen LogP) is 16.8. The first-order valence-corrected chi connectivity index (χ1v) is 26.0. The molecule has 0 heterocycles. The van der Waals surface area contributed by atoms with Crippen molar-refractivity contribution in [2.24, 2.45) is 0 Å². The van der Waals surface area contributed by atoms with Crippen LogP contribution in [0.4, 0.5) is 0 Å². The first-order chi connectivity index (χ1) is 28.5. The number of carbonyl (C=O) groups excluding carboxylic acids is 3. The third-order valence-electron chi connectivity index (χ3n) is 11.9. The van der Waals surface area contributed by atoms with Gasteiger partial charge in [0.05, 0.1) is 0 Å². The molecule has 1 atom stereocenters. The highest BCUT2D eigenvalue weighted by Crippen LogP contribution is 2.17. The van der Waals surface area contributed by atoms with Crippen LogP contribution in [-0.2, 0) is 28.6 Å². The van der Waals surface area contributed by atoms with Gasteiger partial charge < -0.3 is 14.2 Å². The molecule has 0 amide bonds. The Balaban J connectivity index is 4.28. The fourth-order valence-corrected chi connectivity index (χ4v) is 7.92. The van der Waals surface area contributed by atoms with Crippen LogP contribution in [0, 0.1) is 0 Å². The Hall–Kier alpha value is -1.59. The second-order valence-electron chi connectivity index (χ2n) is 17.8. The summed E-state index contributed by atoms with van der Waals surface area (Å²) in [6.07, 6.45) is 50.8. The summed E-state index contributed by atoms with van der Waals surface area (Å²) in [7, 11) is 0. The summed E-state index contributed by atoms with van der Waals surface area (Å²) in [6, 6.07) is 0. The largest absolute Gasteiger partial charge is 0.462 e. The molecule has 58 heavy (non-hydrogen) atoms. The second-order valence-corrected chi connectivity index (χ2v) is 17.8. The van der Waals surface area contributed by atoms with Crippen molar-refractivity contribution in [2.75, 3.05) is 13.2 Å². The highest BCUT2D eigenvalue weighted by molar-refractivity contribution is 5.71. The van der Waals surface area contributed by atoms with Crippen molar-refractivity contribution in [3.8, 4) is 0 Å². The number of unbranched alkanes of at least 4 members (excludes halogenated alkanes) is 37. The first-order valence-electron chi connectivity index (χ1n) is 26.0. The lowest BCUT2D eigenvalue weighted by Crippen LogP contribution is -2.30.